The van der Waals surface area contributed by atoms with Crippen LogP contribution >= 0.6 is 11.3 Å². The van der Waals surface area contributed by atoms with Gasteiger partial charge in [-0.25, -0.2) is 4.98 Å². The molecule has 23 heavy (non-hydrogen) atoms. The van der Waals surface area contributed by atoms with Gasteiger partial charge in [0.25, 0.3) is 5.56 Å². The minimum atomic E-state index is -0.692. The van der Waals surface area contributed by atoms with Crippen molar-refractivity contribution >= 4 is 28.1 Å². The fourth-order valence-electron chi connectivity index (χ4n) is 2.69. The number of amides is 2. The molecule has 1 saturated heterocycles. The first-order chi connectivity index (χ1) is 10.9. The van der Waals surface area contributed by atoms with Crippen molar-refractivity contribution in [1.82, 2.24) is 19.6 Å². The van der Waals surface area contributed by atoms with Crippen LogP contribution in [-0.2, 0) is 16.1 Å². The summed E-state index contributed by atoms with van der Waals surface area (Å²) in [5, 5.41) is 2.72. The number of primary amides is 1. The van der Waals surface area contributed by atoms with Crippen LogP contribution in [-0.4, -0.2) is 45.2 Å². The van der Waals surface area contributed by atoms with Gasteiger partial charge in [-0.15, -0.1) is 11.3 Å². The zero-order chi connectivity index (χ0) is 16.6. The van der Waals surface area contributed by atoms with Crippen LogP contribution in [0.4, 0.5) is 0 Å². The molecule has 2 aromatic heterocycles. The molecule has 1 unspecified atom stereocenters. The highest BCUT2D eigenvalue weighted by Crippen LogP contribution is 2.15. The lowest BCUT2D eigenvalue weighted by Crippen LogP contribution is -2.45. The summed E-state index contributed by atoms with van der Waals surface area (Å²) in [6.45, 7) is 3.12. The molecule has 1 fully saturated rings. The van der Waals surface area contributed by atoms with E-state index in [0.29, 0.717) is 30.3 Å². The quantitative estimate of drug-likeness (QED) is 0.766. The summed E-state index contributed by atoms with van der Waals surface area (Å²) in [7, 11) is 0. The van der Waals surface area contributed by atoms with Crippen LogP contribution < -0.4 is 16.6 Å². The van der Waals surface area contributed by atoms with Gasteiger partial charge in [-0.3, -0.25) is 23.7 Å². The molecule has 1 aliphatic rings. The highest BCUT2D eigenvalue weighted by atomic mass is 32.1. The van der Waals surface area contributed by atoms with E-state index in [2.05, 4.69) is 10.3 Å². The summed E-state index contributed by atoms with van der Waals surface area (Å²) in [6, 6.07) is 0.764. The van der Waals surface area contributed by atoms with Gasteiger partial charge in [-0.2, -0.15) is 0 Å². The Morgan fingerprint density at radius 1 is 1.52 bits per heavy atom. The Hall–Kier alpha value is -2.26. The Morgan fingerprint density at radius 3 is 3.04 bits per heavy atom. The van der Waals surface area contributed by atoms with E-state index in [1.165, 1.54) is 21.8 Å². The molecule has 0 radical (unpaired) electrons. The van der Waals surface area contributed by atoms with Crippen LogP contribution in [0.1, 0.15) is 17.0 Å². The summed E-state index contributed by atoms with van der Waals surface area (Å²) in [5.74, 6) is -0.750. The molecular weight excluding hydrogens is 318 g/mol. The second kappa shape index (κ2) is 6.09. The number of nitrogens with two attached hydrogens (primary N) is 1. The number of rotatable bonds is 3. The minimum Gasteiger partial charge on any atom is -0.368 e. The number of carbonyl (C=O) groups is 2. The molecule has 1 aliphatic heterocycles. The van der Waals surface area contributed by atoms with Gasteiger partial charge in [0.05, 0.1) is 18.2 Å². The maximum Gasteiger partial charge on any atom is 0.258 e. The van der Waals surface area contributed by atoms with Gasteiger partial charge in [0.1, 0.15) is 0 Å². The molecule has 0 saturated carbocycles. The normalized spacial score (nSPS) is 19.5. The van der Waals surface area contributed by atoms with Crippen molar-refractivity contribution in [2.45, 2.75) is 25.9 Å². The maximum absolute atomic E-state index is 12.1. The van der Waals surface area contributed by atoms with Gasteiger partial charge in [0, 0.05) is 36.8 Å². The molecule has 9 heteroatoms. The average Bonchev–Trinajstić information content (AvgIpc) is 2.74. The van der Waals surface area contributed by atoms with E-state index < -0.39 is 11.9 Å². The molecule has 0 aliphatic carbocycles. The molecule has 3 rings (SSSR count). The average molecular weight is 335 g/mol. The molecule has 2 aromatic rings. The summed E-state index contributed by atoms with van der Waals surface area (Å²) >= 11 is 1.43. The Bertz CT molecular complexity index is 827. The molecule has 0 bridgehead atoms. The number of fused-ring (bicyclic) bond motifs is 1. The van der Waals surface area contributed by atoms with Crippen molar-refractivity contribution in [2.24, 2.45) is 5.73 Å². The first-order valence-electron chi connectivity index (χ1n) is 7.23. The molecule has 2 amide bonds. The van der Waals surface area contributed by atoms with Gasteiger partial charge in [0.15, 0.2) is 4.96 Å². The van der Waals surface area contributed by atoms with E-state index in [0.717, 1.165) is 4.88 Å². The van der Waals surface area contributed by atoms with Crippen molar-refractivity contribution < 1.29 is 9.59 Å². The highest BCUT2D eigenvalue weighted by molar-refractivity contribution is 7.16. The fourth-order valence-corrected chi connectivity index (χ4v) is 3.54. The Labute approximate surface area is 135 Å². The third kappa shape index (κ3) is 3.25. The van der Waals surface area contributed by atoms with Gasteiger partial charge >= 0.3 is 0 Å². The minimum absolute atomic E-state index is 0.0225. The van der Waals surface area contributed by atoms with Crippen molar-refractivity contribution in [1.29, 1.82) is 0 Å². The Balaban J connectivity index is 1.91. The fraction of sp³-hybridized carbons (Fsp3) is 0.429. The Morgan fingerprint density at radius 2 is 2.30 bits per heavy atom. The lowest BCUT2D eigenvalue weighted by molar-refractivity contribution is -0.128. The second-order valence-electron chi connectivity index (χ2n) is 5.52. The lowest BCUT2D eigenvalue weighted by atomic mass is 10.1. The van der Waals surface area contributed by atoms with E-state index in [9.17, 15) is 14.4 Å². The van der Waals surface area contributed by atoms with Crippen LogP contribution in [0.3, 0.4) is 0 Å². The zero-order valence-corrected chi connectivity index (χ0v) is 13.4. The van der Waals surface area contributed by atoms with Crippen LogP contribution in [0, 0.1) is 6.92 Å². The SMILES string of the molecule is Cc1cn2c(=O)cc(CN3CCNC(=O)CC3C(N)=O)nc2s1. The Kier molecular flexibility index (Phi) is 4.14. The monoisotopic (exact) mass is 335 g/mol. The molecule has 3 heterocycles. The molecule has 0 spiro atoms. The van der Waals surface area contributed by atoms with Crippen LogP contribution in [0.15, 0.2) is 17.1 Å². The van der Waals surface area contributed by atoms with E-state index >= 15 is 0 Å². The molecule has 8 nitrogen and oxygen atoms in total. The molecule has 3 N–H and O–H groups in total. The van der Waals surface area contributed by atoms with Crippen molar-refractivity contribution in [3.8, 4) is 0 Å². The number of nitrogens with zero attached hydrogens (tertiary/aromatic N) is 3. The zero-order valence-electron chi connectivity index (χ0n) is 12.6. The van der Waals surface area contributed by atoms with E-state index in [4.69, 9.17) is 5.73 Å². The number of nitrogens with one attached hydrogen (secondary N) is 1. The third-order valence-electron chi connectivity index (χ3n) is 3.77. The lowest BCUT2D eigenvalue weighted by Gasteiger charge is -2.25. The largest absolute Gasteiger partial charge is 0.368 e. The van der Waals surface area contributed by atoms with Gasteiger partial charge in [-0.05, 0) is 6.92 Å². The summed E-state index contributed by atoms with van der Waals surface area (Å²) in [4.78, 5) is 43.3. The molecular formula is C14H17N5O3S. The van der Waals surface area contributed by atoms with Crippen molar-refractivity contribution in [2.75, 3.05) is 13.1 Å². The van der Waals surface area contributed by atoms with Crippen LogP contribution in [0.5, 0.6) is 0 Å². The second-order valence-corrected chi connectivity index (χ2v) is 6.74. The molecule has 0 aromatic carbocycles. The summed E-state index contributed by atoms with van der Waals surface area (Å²) in [6.07, 6.45) is 1.77. The number of carbonyl (C=O) groups excluding carboxylic acids is 2. The van der Waals surface area contributed by atoms with Crippen molar-refractivity contribution in [3.05, 3.63) is 33.2 Å². The topological polar surface area (TPSA) is 110 Å². The number of aryl methyl sites for hydroxylation is 1. The highest BCUT2D eigenvalue weighted by Gasteiger charge is 2.29. The predicted octanol–water partition coefficient (Wildman–Crippen LogP) is -0.760. The molecule has 1 atom stereocenters. The maximum atomic E-state index is 12.1. The molecule has 122 valence electrons. The van der Waals surface area contributed by atoms with Crippen molar-refractivity contribution in [3.63, 3.8) is 0 Å². The smallest absolute Gasteiger partial charge is 0.258 e. The van der Waals surface area contributed by atoms with Gasteiger partial charge < -0.3 is 11.1 Å². The number of hydrogen-bond donors (Lipinski definition) is 2. The number of hydrogen-bond acceptors (Lipinski definition) is 6. The summed E-state index contributed by atoms with van der Waals surface area (Å²) < 4.78 is 1.50. The summed E-state index contributed by atoms with van der Waals surface area (Å²) in [5.41, 5.74) is 5.83. The third-order valence-corrected chi connectivity index (χ3v) is 4.67. The van der Waals surface area contributed by atoms with Gasteiger partial charge in [0.2, 0.25) is 11.8 Å². The predicted molar refractivity (Wildman–Crippen MR) is 85.1 cm³/mol. The standard InChI is InChI=1S/C14H17N5O3S/c1-8-6-19-12(21)4-9(17-14(19)23-8)7-18-3-2-16-11(20)5-10(18)13(15)22/h4,6,10H,2-3,5,7H2,1H3,(H2,15,22)(H,16,20). The van der Waals surface area contributed by atoms with E-state index in [1.807, 2.05) is 6.92 Å². The van der Waals surface area contributed by atoms with Crippen LogP contribution in [0.2, 0.25) is 0 Å². The number of thiazole rings is 1. The van der Waals surface area contributed by atoms with E-state index in [1.54, 1.807) is 11.1 Å². The van der Waals surface area contributed by atoms with Crippen LogP contribution in [0.25, 0.3) is 4.96 Å². The van der Waals surface area contributed by atoms with Gasteiger partial charge in [-0.1, -0.05) is 0 Å². The first-order valence-corrected chi connectivity index (χ1v) is 8.04. The number of aromatic nitrogens is 2. The van der Waals surface area contributed by atoms with E-state index in [-0.39, 0.29) is 17.9 Å². The first kappa shape index (κ1) is 15.6.